The van der Waals surface area contributed by atoms with Crippen LogP contribution < -0.4 is 0 Å². The van der Waals surface area contributed by atoms with E-state index in [-0.39, 0.29) is 18.8 Å². The Balaban J connectivity index is 3.52. The van der Waals surface area contributed by atoms with Gasteiger partial charge in [-0.05, 0) is 6.92 Å². The van der Waals surface area contributed by atoms with Gasteiger partial charge in [0, 0.05) is 0 Å². The number of ether oxygens (including phenoxy) is 2. The minimum absolute atomic E-state index is 0.0645. The van der Waals surface area contributed by atoms with Crippen LogP contribution >= 0.6 is 0 Å². The zero-order valence-electron chi connectivity index (χ0n) is 9.55. The molecule has 0 spiro atoms. The molecule has 0 saturated carbocycles. The average molecular weight is 252 g/mol. The highest BCUT2D eigenvalue weighted by atomic mass is 19.4. The van der Waals surface area contributed by atoms with Crippen LogP contribution in [0, 0.1) is 0 Å². The van der Waals surface area contributed by atoms with Crippen LogP contribution in [0.3, 0.4) is 0 Å². The van der Waals surface area contributed by atoms with E-state index in [0.717, 1.165) is 0 Å². The van der Waals surface area contributed by atoms with Crippen LogP contribution in [-0.2, 0) is 14.3 Å². The molecule has 98 valence electrons. The van der Waals surface area contributed by atoms with Crippen molar-refractivity contribution in [3.8, 4) is 0 Å². The van der Waals surface area contributed by atoms with Crippen molar-refractivity contribution in [2.75, 3.05) is 19.8 Å². The summed E-state index contributed by atoms with van der Waals surface area (Å²) < 4.78 is 44.4. The molecule has 6 heteroatoms. The van der Waals surface area contributed by atoms with E-state index in [1.165, 1.54) is 6.08 Å². The van der Waals surface area contributed by atoms with E-state index in [0.29, 0.717) is 0 Å². The highest BCUT2D eigenvalue weighted by Gasteiger charge is 2.26. The van der Waals surface area contributed by atoms with Gasteiger partial charge >= 0.3 is 12.1 Å². The molecule has 0 atom stereocenters. The van der Waals surface area contributed by atoms with E-state index in [1.807, 2.05) is 0 Å². The zero-order valence-corrected chi connectivity index (χ0v) is 9.55. The Hall–Kier alpha value is -1.30. The van der Waals surface area contributed by atoms with Crippen LogP contribution in [0.4, 0.5) is 13.2 Å². The molecule has 0 amide bonds. The third-order valence-corrected chi connectivity index (χ3v) is 1.62. The van der Waals surface area contributed by atoms with E-state index >= 15 is 0 Å². The Morgan fingerprint density at radius 1 is 1.29 bits per heavy atom. The molecule has 0 saturated heterocycles. The molecule has 0 aromatic heterocycles. The number of carbonyl (C=O) groups excluding carboxylic acids is 1. The first-order valence-electron chi connectivity index (χ1n) is 5.00. The van der Waals surface area contributed by atoms with Crippen molar-refractivity contribution in [3.63, 3.8) is 0 Å². The monoisotopic (exact) mass is 252 g/mol. The van der Waals surface area contributed by atoms with Crippen molar-refractivity contribution in [1.29, 1.82) is 0 Å². The second-order valence-electron chi connectivity index (χ2n) is 3.14. The maximum absolute atomic E-state index is 11.7. The first-order valence-corrected chi connectivity index (χ1v) is 5.00. The van der Waals surface area contributed by atoms with Crippen LogP contribution in [0.15, 0.2) is 24.3 Å². The topological polar surface area (TPSA) is 35.5 Å². The van der Waals surface area contributed by atoms with Crippen molar-refractivity contribution in [2.45, 2.75) is 19.5 Å². The Bertz CT molecular complexity index is 282. The number of hydrogen-bond donors (Lipinski definition) is 0. The summed E-state index contributed by atoms with van der Waals surface area (Å²) in [6, 6.07) is 0. The lowest BCUT2D eigenvalue weighted by Gasteiger charge is -2.07. The molecule has 0 unspecified atom stereocenters. The van der Waals surface area contributed by atoms with Crippen molar-refractivity contribution < 1.29 is 27.4 Å². The van der Waals surface area contributed by atoms with Gasteiger partial charge in [-0.25, -0.2) is 4.79 Å². The highest BCUT2D eigenvalue weighted by Crippen LogP contribution is 2.18. The van der Waals surface area contributed by atoms with Crippen LogP contribution in [-0.4, -0.2) is 32.0 Å². The maximum atomic E-state index is 11.7. The van der Waals surface area contributed by atoms with Gasteiger partial charge < -0.3 is 9.47 Å². The van der Waals surface area contributed by atoms with E-state index in [4.69, 9.17) is 4.74 Å². The third kappa shape index (κ3) is 9.62. The predicted molar refractivity (Wildman–Crippen MR) is 56.4 cm³/mol. The van der Waals surface area contributed by atoms with Crippen LogP contribution in [0.25, 0.3) is 0 Å². The number of carbonyl (C=O) groups is 1. The van der Waals surface area contributed by atoms with Crippen LogP contribution in [0.2, 0.25) is 0 Å². The Morgan fingerprint density at radius 3 is 2.47 bits per heavy atom. The van der Waals surface area contributed by atoms with Gasteiger partial charge in [0.25, 0.3) is 0 Å². The highest BCUT2D eigenvalue weighted by molar-refractivity contribution is 5.90. The summed E-state index contributed by atoms with van der Waals surface area (Å²) in [5, 5.41) is 0. The Morgan fingerprint density at radius 2 is 1.94 bits per heavy atom. The molecule has 0 rings (SSSR count). The number of allylic oxidation sites excluding steroid dienone is 1. The number of halogens is 3. The smallest absolute Gasteiger partial charge is 0.391 e. The van der Waals surface area contributed by atoms with Crippen LogP contribution in [0.1, 0.15) is 13.3 Å². The second-order valence-corrected chi connectivity index (χ2v) is 3.14. The molecule has 0 radical (unpaired) electrons. The molecule has 3 nitrogen and oxygen atoms in total. The molecule has 0 aromatic rings. The molecular formula is C11H15F3O3. The quantitative estimate of drug-likeness (QED) is 0.302. The fraction of sp³-hybridized carbons (Fsp3) is 0.545. The Kier molecular flexibility index (Phi) is 7.29. The molecule has 17 heavy (non-hydrogen) atoms. The van der Waals surface area contributed by atoms with Gasteiger partial charge in [-0.1, -0.05) is 18.7 Å². The first-order chi connectivity index (χ1) is 7.87. The van der Waals surface area contributed by atoms with E-state index < -0.39 is 25.2 Å². The first kappa shape index (κ1) is 15.7. The summed E-state index contributed by atoms with van der Waals surface area (Å²) >= 11 is 0. The summed E-state index contributed by atoms with van der Waals surface area (Å²) in [6.07, 6.45) is -2.13. The zero-order chi connectivity index (χ0) is 13.3. The summed E-state index contributed by atoms with van der Waals surface area (Å²) in [4.78, 5) is 11.1. The number of esters is 1. The van der Waals surface area contributed by atoms with Gasteiger partial charge in [0.15, 0.2) is 0 Å². The van der Waals surface area contributed by atoms with Crippen molar-refractivity contribution in [2.24, 2.45) is 0 Å². The molecule has 0 aliphatic heterocycles. The Labute approximate surface area is 97.9 Å². The summed E-state index contributed by atoms with van der Waals surface area (Å²) in [5.41, 5.74) is 0.183. The van der Waals surface area contributed by atoms with E-state index in [9.17, 15) is 18.0 Å². The molecule has 0 aliphatic rings. The molecule has 0 aromatic carbocycles. The lowest BCUT2D eigenvalue weighted by molar-refractivity contribution is -0.149. The molecule has 0 bridgehead atoms. The summed E-state index contributed by atoms with van der Waals surface area (Å²) in [6.45, 7) is 4.57. The van der Waals surface area contributed by atoms with Gasteiger partial charge in [0.05, 0.1) is 25.2 Å². The second kappa shape index (κ2) is 7.89. The minimum atomic E-state index is -4.23. The fourth-order valence-corrected chi connectivity index (χ4v) is 0.845. The molecule has 0 fully saturated rings. The van der Waals surface area contributed by atoms with Crippen molar-refractivity contribution in [3.05, 3.63) is 24.3 Å². The van der Waals surface area contributed by atoms with E-state index in [1.54, 1.807) is 13.0 Å². The van der Waals surface area contributed by atoms with Gasteiger partial charge in [-0.15, -0.1) is 0 Å². The van der Waals surface area contributed by atoms with Crippen molar-refractivity contribution >= 4 is 5.97 Å². The molecule has 0 N–H and O–H groups in total. The SMILES string of the molecule is C=C(/C=C\C)C(=O)OCCOCCC(F)(F)F. The lowest BCUT2D eigenvalue weighted by atomic mass is 10.3. The van der Waals surface area contributed by atoms with Gasteiger partial charge in [0.2, 0.25) is 0 Å². The minimum Gasteiger partial charge on any atom is -0.460 e. The van der Waals surface area contributed by atoms with Crippen molar-refractivity contribution in [1.82, 2.24) is 0 Å². The van der Waals surface area contributed by atoms with Crippen LogP contribution in [0.5, 0.6) is 0 Å². The summed E-state index contributed by atoms with van der Waals surface area (Å²) in [5.74, 6) is -0.609. The number of hydrogen-bond acceptors (Lipinski definition) is 3. The standard InChI is InChI=1S/C11H15F3O3/c1-3-4-9(2)10(15)17-8-7-16-6-5-11(12,13)14/h3-4H,2,5-8H2,1H3/b4-3-. The molecule has 0 aliphatic carbocycles. The largest absolute Gasteiger partial charge is 0.460 e. The normalized spacial score (nSPS) is 11.8. The average Bonchev–Trinajstić information content (AvgIpc) is 2.21. The maximum Gasteiger partial charge on any atom is 0.391 e. The predicted octanol–water partition coefficient (Wildman–Crippen LogP) is 2.63. The fourth-order valence-electron chi connectivity index (χ4n) is 0.845. The number of rotatable bonds is 7. The lowest BCUT2D eigenvalue weighted by Crippen LogP contribution is -2.15. The van der Waals surface area contributed by atoms with E-state index in [2.05, 4.69) is 11.3 Å². The number of alkyl halides is 3. The van der Waals surface area contributed by atoms with Gasteiger partial charge in [-0.3, -0.25) is 0 Å². The van der Waals surface area contributed by atoms with Gasteiger partial charge in [0.1, 0.15) is 6.61 Å². The molecule has 0 heterocycles. The third-order valence-electron chi connectivity index (χ3n) is 1.62. The summed E-state index contributed by atoms with van der Waals surface area (Å²) in [7, 11) is 0. The molecular weight excluding hydrogens is 237 g/mol. The van der Waals surface area contributed by atoms with Gasteiger partial charge in [-0.2, -0.15) is 13.2 Å².